The molecule has 0 aliphatic carbocycles. The number of nitrogens with one attached hydrogen (secondary N) is 1. The number of amides is 1. The van der Waals surface area contributed by atoms with E-state index in [0.717, 1.165) is 0 Å². The highest BCUT2D eigenvalue weighted by Crippen LogP contribution is 2.26. The molecule has 0 aliphatic rings. The van der Waals surface area contributed by atoms with Gasteiger partial charge in [0.1, 0.15) is 5.01 Å². The maximum absolute atomic E-state index is 11.1. The van der Waals surface area contributed by atoms with E-state index in [0.29, 0.717) is 10.7 Å². The Bertz CT molecular complexity index is 702. The zero-order valence-electron chi connectivity index (χ0n) is 11.0. The fourth-order valence-corrected chi connectivity index (χ4v) is 2.77. The van der Waals surface area contributed by atoms with Crippen LogP contribution >= 0.6 is 22.9 Å². The molecule has 21 heavy (non-hydrogen) atoms. The third kappa shape index (κ3) is 3.50. The largest absolute Gasteiger partial charge is 0.476 e. The number of thiazole rings is 1. The first-order valence-electron chi connectivity index (χ1n) is 5.93. The van der Waals surface area contributed by atoms with Crippen LogP contribution < -0.4 is 11.1 Å². The lowest BCUT2D eigenvalue weighted by molar-refractivity contribution is 0.0691. The van der Waals surface area contributed by atoms with Crippen molar-refractivity contribution in [3.63, 3.8) is 0 Å². The normalized spacial score (nSPS) is 11.9. The highest BCUT2D eigenvalue weighted by atomic mass is 35.5. The van der Waals surface area contributed by atoms with Gasteiger partial charge in [-0.1, -0.05) is 11.6 Å². The monoisotopic (exact) mass is 325 g/mol. The highest BCUT2D eigenvalue weighted by molar-refractivity contribution is 7.09. The molecule has 0 saturated carbocycles. The minimum Gasteiger partial charge on any atom is -0.476 e. The average Bonchev–Trinajstić information content (AvgIpc) is 2.88. The van der Waals surface area contributed by atoms with Gasteiger partial charge in [0, 0.05) is 11.1 Å². The van der Waals surface area contributed by atoms with Crippen LogP contribution in [-0.2, 0) is 0 Å². The van der Waals surface area contributed by atoms with E-state index in [9.17, 15) is 9.59 Å². The maximum atomic E-state index is 11.1. The third-order valence-electron chi connectivity index (χ3n) is 2.73. The molecular weight excluding hydrogens is 314 g/mol. The smallest absolute Gasteiger partial charge is 0.355 e. The Labute approximate surface area is 129 Å². The van der Waals surface area contributed by atoms with Crippen LogP contribution in [0.2, 0.25) is 5.02 Å². The summed E-state index contributed by atoms with van der Waals surface area (Å²) in [5.74, 6) is -1.65. The number of nitrogens with two attached hydrogens (primary N) is 1. The van der Waals surface area contributed by atoms with Crippen molar-refractivity contribution >= 4 is 40.5 Å². The van der Waals surface area contributed by atoms with Crippen molar-refractivity contribution in [2.24, 2.45) is 5.73 Å². The molecule has 0 radical (unpaired) electrons. The number of primary amides is 1. The minimum absolute atomic E-state index is 0.0192. The van der Waals surface area contributed by atoms with Crippen molar-refractivity contribution in [3.05, 3.63) is 44.9 Å². The Morgan fingerprint density at radius 3 is 2.71 bits per heavy atom. The Morgan fingerprint density at radius 1 is 1.48 bits per heavy atom. The molecule has 0 bridgehead atoms. The van der Waals surface area contributed by atoms with Crippen LogP contribution in [0.1, 0.15) is 38.8 Å². The number of carbonyl (C=O) groups is 2. The lowest BCUT2D eigenvalue weighted by Gasteiger charge is -2.13. The van der Waals surface area contributed by atoms with E-state index in [4.69, 9.17) is 22.4 Å². The summed E-state index contributed by atoms with van der Waals surface area (Å²) in [7, 11) is 0. The Kier molecular flexibility index (Phi) is 4.44. The molecule has 2 rings (SSSR count). The molecule has 1 heterocycles. The predicted octanol–water partition coefficient (Wildman–Crippen LogP) is 2.77. The zero-order valence-corrected chi connectivity index (χ0v) is 12.5. The molecule has 8 heteroatoms. The minimum atomic E-state index is -1.06. The molecule has 6 nitrogen and oxygen atoms in total. The van der Waals surface area contributed by atoms with E-state index in [1.54, 1.807) is 12.1 Å². The number of halogens is 1. The van der Waals surface area contributed by atoms with Crippen LogP contribution in [-0.4, -0.2) is 22.0 Å². The molecule has 110 valence electrons. The summed E-state index contributed by atoms with van der Waals surface area (Å²) in [4.78, 5) is 25.9. The summed E-state index contributed by atoms with van der Waals surface area (Å²) in [6.07, 6.45) is 0. The number of carboxylic acids is 1. The molecule has 0 spiro atoms. The molecule has 1 amide bonds. The van der Waals surface area contributed by atoms with E-state index < -0.39 is 11.9 Å². The fraction of sp³-hybridized carbons (Fsp3) is 0.154. The van der Waals surface area contributed by atoms with Crippen LogP contribution in [0.25, 0.3) is 0 Å². The molecule has 1 atom stereocenters. The number of benzene rings is 1. The summed E-state index contributed by atoms with van der Waals surface area (Å²) < 4.78 is 0. The van der Waals surface area contributed by atoms with Gasteiger partial charge in [0.05, 0.1) is 16.6 Å². The second kappa shape index (κ2) is 6.11. The number of anilines is 1. The van der Waals surface area contributed by atoms with Crippen molar-refractivity contribution in [1.82, 2.24) is 4.98 Å². The van der Waals surface area contributed by atoms with Gasteiger partial charge >= 0.3 is 5.97 Å². The molecule has 1 aromatic carbocycles. The van der Waals surface area contributed by atoms with E-state index in [-0.39, 0.29) is 22.3 Å². The first-order chi connectivity index (χ1) is 9.88. The third-order valence-corrected chi connectivity index (χ3v) is 4.07. The molecule has 0 saturated heterocycles. The summed E-state index contributed by atoms with van der Waals surface area (Å²) in [6, 6.07) is 4.60. The van der Waals surface area contributed by atoms with Gasteiger partial charge in [-0.3, -0.25) is 4.79 Å². The summed E-state index contributed by atoms with van der Waals surface area (Å²) in [5.41, 5.74) is 6.13. The standard InChI is InChI=1S/C13H12ClN3O3S/c1-6(12-17-10(5-21-12)13(19)20)16-7-2-3-8(11(15)18)9(14)4-7/h2-6,16H,1H3,(H2,15,18)(H,19,20). The van der Waals surface area contributed by atoms with Crippen molar-refractivity contribution in [3.8, 4) is 0 Å². The molecule has 0 aliphatic heterocycles. The number of rotatable bonds is 5. The van der Waals surface area contributed by atoms with Gasteiger partial charge in [-0.15, -0.1) is 11.3 Å². The van der Waals surface area contributed by atoms with Crippen LogP contribution in [0.15, 0.2) is 23.6 Å². The first-order valence-corrected chi connectivity index (χ1v) is 7.19. The summed E-state index contributed by atoms with van der Waals surface area (Å²) in [6.45, 7) is 1.85. The lowest BCUT2D eigenvalue weighted by Crippen LogP contribution is -2.12. The van der Waals surface area contributed by atoms with Crippen molar-refractivity contribution in [1.29, 1.82) is 0 Å². The van der Waals surface area contributed by atoms with Crippen LogP contribution in [0.3, 0.4) is 0 Å². The van der Waals surface area contributed by atoms with Crippen LogP contribution in [0, 0.1) is 0 Å². The van der Waals surface area contributed by atoms with Gasteiger partial charge in [-0.2, -0.15) is 0 Å². The number of hydrogen-bond donors (Lipinski definition) is 3. The number of aromatic nitrogens is 1. The Hall–Kier alpha value is -2.12. The number of nitrogens with zero attached hydrogens (tertiary/aromatic N) is 1. The predicted molar refractivity (Wildman–Crippen MR) is 81.1 cm³/mol. The SMILES string of the molecule is CC(Nc1ccc(C(N)=O)c(Cl)c1)c1nc(C(=O)O)cs1. The summed E-state index contributed by atoms with van der Waals surface area (Å²) >= 11 is 7.22. The van der Waals surface area contributed by atoms with Crippen LogP contribution in [0.5, 0.6) is 0 Å². The van der Waals surface area contributed by atoms with Gasteiger partial charge < -0.3 is 16.2 Å². The number of hydrogen-bond acceptors (Lipinski definition) is 5. The highest BCUT2D eigenvalue weighted by Gasteiger charge is 2.15. The first kappa shape index (κ1) is 15.3. The molecule has 1 unspecified atom stereocenters. The average molecular weight is 326 g/mol. The molecular formula is C13H12ClN3O3S. The number of carboxylic acid groups (broad SMARTS) is 1. The fourth-order valence-electron chi connectivity index (χ4n) is 1.70. The number of carbonyl (C=O) groups excluding carboxylic acids is 1. The molecule has 4 N–H and O–H groups in total. The number of aromatic carboxylic acids is 1. The Morgan fingerprint density at radius 2 is 2.19 bits per heavy atom. The Balaban J connectivity index is 2.15. The molecule has 1 aromatic heterocycles. The van der Waals surface area contributed by atoms with Crippen molar-refractivity contribution in [2.45, 2.75) is 13.0 Å². The van der Waals surface area contributed by atoms with Gasteiger partial charge in [-0.05, 0) is 25.1 Å². The van der Waals surface area contributed by atoms with E-state index in [2.05, 4.69) is 10.3 Å². The lowest BCUT2D eigenvalue weighted by atomic mass is 10.2. The van der Waals surface area contributed by atoms with Crippen molar-refractivity contribution in [2.75, 3.05) is 5.32 Å². The van der Waals surface area contributed by atoms with Gasteiger partial charge in [0.15, 0.2) is 5.69 Å². The van der Waals surface area contributed by atoms with Crippen LogP contribution in [0.4, 0.5) is 5.69 Å². The van der Waals surface area contributed by atoms with Gasteiger partial charge in [0.2, 0.25) is 5.91 Å². The van der Waals surface area contributed by atoms with Gasteiger partial charge in [-0.25, -0.2) is 9.78 Å². The summed E-state index contributed by atoms with van der Waals surface area (Å²) in [5, 5.41) is 14.4. The van der Waals surface area contributed by atoms with E-state index in [1.807, 2.05) is 6.92 Å². The molecule has 0 fully saturated rings. The van der Waals surface area contributed by atoms with E-state index in [1.165, 1.54) is 22.8 Å². The van der Waals surface area contributed by atoms with Gasteiger partial charge in [0.25, 0.3) is 0 Å². The maximum Gasteiger partial charge on any atom is 0.355 e. The second-order valence-electron chi connectivity index (χ2n) is 4.30. The second-order valence-corrected chi connectivity index (χ2v) is 5.60. The van der Waals surface area contributed by atoms with Crippen molar-refractivity contribution < 1.29 is 14.7 Å². The zero-order chi connectivity index (χ0) is 15.6. The quantitative estimate of drug-likeness (QED) is 0.783. The topological polar surface area (TPSA) is 105 Å². The molecule has 2 aromatic rings. The van der Waals surface area contributed by atoms with E-state index >= 15 is 0 Å².